The van der Waals surface area contributed by atoms with E-state index in [9.17, 15) is 0 Å². The summed E-state index contributed by atoms with van der Waals surface area (Å²) in [5, 5.41) is 1.93. The smallest absolute Gasteiger partial charge is 0.119 e. The molecule has 0 aliphatic carbocycles. The number of para-hydroxylation sites is 1. The summed E-state index contributed by atoms with van der Waals surface area (Å²) in [5.74, 6) is 0.825. The van der Waals surface area contributed by atoms with Gasteiger partial charge in [-0.1, -0.05) is 29.8 Å². The summed E-state index contributed by atoms with van der Waals surface area (Å²) in [6.45, 7) is 2.65. The number of benzene rings is 2. The Kier molecular flexibility index (Phi) is 3.18. The molecule has 19 heavy (non-hydrogen) atoms. The summed E-state index contributed by atoms with van der Waals surface area (Å²) in [4.78, 5) is 3.30. The second-order valence-electron chi connectivity index (χ2n) is 4.55. The molecule has 0 bridgehead atoms. The van der Waals surface area contributed by atoms with Crippen LogP contribution in [0.15, 0.2) is 48.7 Å². The Morgan fingerprint density at radius 3 is 2.68 bits per heavy atom. The first-order valence-electron chi connectivity index (χ1n) is 6.18. The van der Waals surface area contributed by atoms with E-state index in [1.807, 2.05) is 30.5 Å². The van der Waals surface area contributed by atoms with E-state index in [4.69, 9.17) is 16.3 Å². The van der Waals surface area contributed by atoms with Crippen molar-refractivity contribution < 1.29 is 4.74 Å². The number of nitrogens with one attached hydrogen (secondary N) is 1. The molecule has 0 saturated heterocycles. The highest BCUT2D eigenvalue weighted by Gasteiger charge is 2.05. The van der Waals surface area contributed by atoms with E-state index in [1.54, 1.807) is 0 Å². The van der Waals surface area contributed by atoms with Crippen LogP contribution in [0.3, 0.4) is 0 Å². The molecule has 0 saturated carbocycles. The summed E-state index contributed by atoms with van der Waals surface area (Å²) in [6.07, 6.45) is 2.01. The largest absolute Gasteiger partial charge is 0.489 e. The van der Waals surface area contributed by atoms with Crippen molar-refractivity contribution in [2.45, 2.75) is 13.5 Å². The van der Waals surface area contributed by atoms with E-state index in [0.717, 1.165) is 16.3 Å². The SMILES string of the molecule is Cc1cccc2c(COc3ccc(Cl)cc3)c[nH]c12. The zero-order valence-corrected chi connectivity index (χ0v) is 11.4. The first-order valence-corrected chi connectivity index (χ1v) is 6.56. The molecule has 0 atom stereocenters. The fraction of sp³-hybridized carbons (Fsp3) is 0.125. The number of fused-ring (bicyclic) bond motifs is 1. The lowest BCUT2D eigenvalue weighted by Gasteiger charge is -2.05. The van der Waals surface area contributed by atoms with Gasteiger partial charge in [0.1, 0.15) is 12.4 Å². The first-order chi connectivity index (χ1) is 9.24. The van der Waals surface area contributed by atoms with Gasteiger partial charge >= 0.3 is 0 Å². The summed E-state index contributed by atoms with van der Waals surface area (Å²) >= 11 is 5.85. The molecule has 0 aliphatic rings. The van der Waals surface area contributed by atoms with Gasteiger partial charge in [-0.3, -0.25) is 0 Å². The normalized spacial score (nSPS) is 10.8. The van der Waals surface area contributed by atoms with Crippen LogP contribution in [0.4, 0.5) is 0 Å². The highest BCUT2D eigenvalue weighted by molar-refractivity contribution is 6.30. The molecule has 0 fully saturated rings. The third-order valence-electron chi connectivity index (χ3n) is 3.22. The molecule has 0 amide bonds. The number of ether oxygens (including phenoxy) is 1. The molecular weight excluding hydrogens is 258 g/mol. The van der Waals surface area contributed by atoms with Gasteiger partial charge in [0.05, 0.1) is 0 Å². The summed E-state index contributed by atoms with van der Waals surface area (Å²) < 4.78 is 5.77. The molecule has 0 radical (unpaired) electrons. The van der Waals surface area contributed by atoms with E-state index >= 15 is 0 Å². The van der Waals surface area contributed by atoms with Crippen molar-refractivity contribution in [3.05, 3.63) is 64.8 Å². The Balaban J connectivity index is 1.82. The molecule has 0 spiro atoms. The molecule has 1 heterocycles. The van der Waals surface area contributed by atoms with Crippen molar-refractivity contribution in [2.75, 3.05) is 0 Å². The number of aryl methyl sites for hydroxylation is 1. The molecule has 2 nitrogen and oxygen atoms in total. The average molecular weight is 272 g/mol. The van der Waals surface area contributed by atoms with Crippen LogP contribution in [-0.4, -0.2) is 4.98 Å². The van der Waals surface area contributed by atoms with Crippen LogP contribution in [0.5, 0.6) is 5.75 Å². The van der Waals surface area contributed by atoms with E-state index < -0.39 is 0 Å². The van der Waals surface area contributed by atoms with Crippen molar-refractivity contribution in [3.8, 4) is 5.75 Å². The van der Waals surface area contributed by atoms with Crippen molar-refractivity contribution in [1.82, 2.24) is 4.98 Å². The van der Waals surface area contributed by atoms with E-state index in [-0.39, 0.29) is 0 Å². The van der Waals surface area contributed by atoms with E-state index in [2.05, 4.69) is 30.1 Å². The predicted molar refractivity (Wildman–Crippen MR) is 78.8 cm³/mol. The number of rotatable bonds is 3. The first kappa shape index (κ1) is 12.1. The van der Waals surface area contributed by atoms with Crippen molar-refractivity contribution >= 4 is 22.5 Å². The Morgan fingerprint density at radius 2 is 1.89 bits per heavy atom. The lowest BCUT2D eigenvalue weighted by Crippen LogP contribution is -1.94. The maximum atomic E-state index is 5.85. The summed E-state index contributed by atoms with van der Waals surface area (Å²) in [6, 6.07) is 13.7. The molecule has 3 aromatic rings. The molecule has 1 N–H and O–H groups in total. The summed E-state index contributed by atoms with van der Waals surface area (Å²) in [7, 11) is 0. The van der Waals surface area contributed by atoms with Crippen molar-refractivity contribution in [3.63, 3.8) is 0 Å². The summed E-state index contributed by atoms with van der Waals surface area (Å²) in [5.41, 5.74) is 3.58. The minimum atomic E-state index is 0.547. The van der Waals surface area contributed by atoms with Crippen LogP contribution in [0.1, 0.15) is 11.1 Å². The molecule has 1 aromatic heterocycles. The maximum Gasteiger partial charge on any atom is 0.119 e. The van der Waals surface area contributed by atoms with Gasteiger partial charge in [0, 0.05) is 27.7 Å². The number of aromatic amines is 1. The van der Waals surface area contributed by atoms with Crippen LogP contribution < -0.4 is 4.74 Å². The van der Waals surface area contributed by atoms with Crippen molar-refractivity contribution in [2.24, 2.45) is 0 Å². The van der Waals surface area contributed by atoms with E-state index in [0.29, 0.717) is 6.61 Å². The molecule has 2 aromatic carbocycles. The molecular formula is C16H14ClNO. The molecule has 0 aliphatic heterocycles. The quantitative estimate of drug-likeness (QED) is 0.733. The van der Waals surface area contributed by atoms with Crippen LogP contribution in [0.2, 0.25) is 5.02 Å². The fourth-order valence-corrected chi connectivity index (χ4v) is 2.30. The van der Waals surface area contributed by atoms with Crippen LogP contribution in [-0.2, 0) is 6.61 Å². The number of H-pyrrole nitrogens is 1. The van der Waals surface area contributed by atoms with Crippen LogP contribution in [0.25, 0.3) is 10.9 Å². The highest BCUT2D eigenvalue weighted by atomic mass is 35.5. The Labute approximate surface area is 117 Å². The molecule has 3 rings (SSSR count). The second kappa shape index (κ2) is 4.98. The monoisotopic (exact) mass is 271 g/mol. The topological polar surface area (TPSA) is 25.0 Å². The Bertz CT molecular complexity index is 700. The average Bonchev–Trinajstić information content (AvgIpc) is 2.83. The fourth-order valence-electron chi connectivity index (χ4n) is 2.18. The van der Waals surface area contributed by atoms with Gasteiger partial charge in [-0.25, -0.2) is 0 Å². The zero-order valence-electron chi connectivity index (χ0n) is 10.6. The van der Waals surface area contributed by atoms with Crippen LogP contribution >= 0.6 is 11.6 Å². The Hall–Kier alpha value is -1.93. The number of hydrogen-bond acceptors (Lipinski definition) is 1. The minimum absolute atomic E-state index is 0.547. The second-order valence-corrected chi connectivity index (χ2v) is 4.99. The van der Waals surface area contributed by atoms with Gasteiger partial charge in [-0.15, -0.1) is 0 Å². The zero-order chi connectivity index (χ0) is 13.2. The van der Waals surface area contributed by atoms with Gasteiger partial charge in [-0.2, -0.15) is 0 Å². The van der Waals surface area contributed by atoms with Gasteiger partial charge in [-0.05, 0) is 36.8 Å². The molecule has 96 valence electrons. The lowest BCUT2D eigenvalue weighted by atomic mass is 10.1. The lowest BCUT2D eigenvalue weighted by molar-refractivity contribution is 0.307. The number of hydrogen-bond donors (Lipinski definition) is 1. The number of halogens is 1. The third-order valence-corrected chi connectivity index (χ3v) is 3.47. The Morgan fingerprint density at radius 1 is 1.11 bits per heavy atom. The maximum absolute atomic E-state index is 5.85. The van der Waals surface area contributed by atoms with Gasteiger partial charge < -0.3 is 9.72 Å². The van der Waals surface area contributed by atoms with Gasteiger partial charge in [0.2, 0.25) is 0 Å². The molecule has 3 heteroatoms. The standard InChI is InChI=1S/C16H14ClNO/c1-11-3-2-4-15-12(9-18-16(11)15)10-19-14-7-5-13(17)6-8-14/h2-9,18H,10H2,1H3. The predicted octanol–water partition coefficient (Wildman–Crippen LogP) is 4.71. The van der Waals surface area contributed by atoms with Gasteiger partial charge in [0.25, 0.3) is 0 Å². The van der Waals surface area contributed by atoms with Crippen LogP contribution in [0, 0.1) is 6.92 Å². The third kappa shape index (κ3) is 2.45. The highest BCUT2D eigenvalue weighted by Crippen LogP contribution is 2.23. The number of aromatic nitrogens is 1. The molecule has 0 unspecified atom stereocenters. The van der Waals surface area contributed by atoms with Gasteiger partial charge in [0.15, 0.2) is 0 Å². The minimum Gasteiger partial charge on any atom is -0.489 e. The van der Waals surface area contributed by atoms with Crippen molar-refractivity contribution in [1.29, 1.82) is 0 Å². The van der Waals surface area contributed by atoms with E-state index in [1.165, 1.54) is 16.5 Å².